The van der Waals surface area contributed by atoms with Crippen molar-refractivity contribution < 1.29 is 9.94 Å². The van der Waals surface area contributed by atoms with Crippen molar-refractivity contribution >= 4 is 5.84 Å². The molecule has 0 amide bonds. The number of hydrogen-bond donors (Lipinski definition) is 3. The Bertz CT molecular complexity index is 191. The molecule has 5 nitrogen and oxygen atoms in total. The van der Waals surface area contributed by atoms with Gasteiger partial charge in [0.15, 0.2) is 0 Å². The summed E-state index contributed by atoms with van der Waals surface area (Å²) in [7, 11) is 0. The first-order valence-corrected chi connectivity index (χ1v) is 5.60. The van der Waals surface area contributed by atoms with E-state index in [0.717, 1.165) is 39.0 Å². The number of nitrogens with one attached hydrogen (secondary N) is 1. The number of amidine groups is 1. The van der Waals surface area contributed by atoms with Gasteiger partial charge in [0.1, 0.15) is 5.84 Å². The first-order valence-electron chi connectivity index (χ1n) is 5.60. The van der Waals surface area contributed by atoms with Crippen LogP contribution in [0.1, 0.15) is 32.1 Å². The van der Waals surface area contributed by atoms with E-state index in [1.807, 2.05) is 0 Å². The summed E-state index contributed by atoms with van der Waals surface area (Å²) in [4.78, 5) is 0. The summed E-state index contributed by atoms with van der Waals surface area (Å²) in [5.41, 5.74) is 5.36. The molecule has 1 rings (SSSR count). The van der Waals surface area contributed by atoms with Crippen LogP contribution in [0.2, 0.25) is 0 Å². The quantitative estimate of drug-likeness (QED) is 0.200. The molecule has 4 N–H and O–H groups in total. The molecule has 0 aromatic rings. The van der Waals surface area contributed by atoms with Crippen molar-refractivity contribution in [3.63, 3.8) is 0 Å². The summed E-state index contributed by atoms with van der Waals surface area (Å²) >= 11 is 0. The lowest BCUT2D eigenvalue weighted by Crippen LogP contribution is -2.37. The van der Waals surface area contributed by atoms with Crippen LogP contribution in [0.15, 0.2) is 5.16 Å². The van der Waals surface area contributed by atoms with Crippen molar-refractivity contribution in [2.45, 2.75) is 38.1 Å². The molecule has 15 heavy (non-hydrogen) atoms. The Morgan fingerprint density at radius 2 is 2.40 bits per heavy atom. The predicted molar refractivity (Wildman–Crippen MR) is 59.1 cm³/mol. The average Bonchev–Trinajstić information content (AvgIpc) is 2.29. The van der Waals surface area contributed by atoms with Crippen LogP contribution in [0.3, 0.4) is 0 Å². The van der Waals surface area contributed by atoms with Crippen LogP contribution in [0.5, 0.6) is 0 Å². The van der Waals surface area contributed by atoms with E-state index >= 15 is 0 Å². The minimum Gasteiger partial charge on any atom is -0.409 e. The molecule has 0 aromatic carbocycles. The van der Waals surface area contributed by atoms with Gasteiger partial charge in [-0.25, -0.2) is 0 Å². The van der Waals surface area contributed by atoms with Crippen LogP contribution in [0, 0.1) is 0 Å². The molecule has 0 aliphatic carbocycles. The van der Waals surface area contributed by atoms with Crippen LogP contribution >= 0.6 is 0 Å². The van der Waals surface area contributed by atoms with Crippen LogP contribution in [0.25, 0.3) is 0 Å². The van der Waals surface area contributed by atoms with Gasteiger partial charge in [0.05, 0.1) is 6.61 Å². The SMILES string of the molecule is NC(CCCCNC1CCCOC1)=NO. The Balaban J connectivity index is 1.92. The number of hydrogen-bond acceptors (Lipinski definition) is 4. The number of nitrogens with two attached hydrogens (primary N) is 1. The molecule has 1 aliphatic rings. The molecule has 0 aromatic heterocycles. The molecule has 1 atom stereocenters. The van der Waals surface area contributed by atoms with Crippen molar-refractivity contribution in [1.82, 2.24) is 5.32 Å². The minimum absolute atomic E-state index is 0.316. The number of rotatable bonds is 6. The molecule has 1 aliphatic heterocycles. The molecule has 0 radical (unpaired) electrons. The summed E-state index contributed by atoms with van der Waals surface area (Å²) in [6.45, 7) is 2.72. The van der Waals surface area contributed by atoms with Gasteiger partial charge in [0, 0.05) is 19.1 Å². The van der Waals surface area contributed by atoms with Crippen LogP contribution < -0.4 is 11.1 Å². The smallest absolute Gasteiger partial charge is 0.139 e. The largest absolute Gasteiger partial charge is 0.409 e. The van der Waals surface area contributed by atoms with Gasteiger partial charge in [0.25, 0.3) is 0 Å². The van der Waals surface area contributed by atoms with Crippen molar-refractivity contribution in [2.75, 3.05) is 19.8 Å². The van der Waals surface area contributed by atoms with Crippen LogP contribution in [0.4, 0.5) is 0 Å². The Morgan fingerprint density at radius 3 is 3.07 bits per heavy atom. The molecule has 88 valence electrons. The molecule has 1 saturated heterocycles. The number of oxime groups is 1. The first-order chi connectivity index (χ1) is 7.33. The topological polar surface area (TPSA) is 79.9 Å². The molecular weight excluding hydrogens is 194 g/mol. The van der Waals surface area contributed by atoms with E-state index < -0.39 is 0 Å². The molecule has 1 heterocycles. The lowest BCUT2D eigenvalue weighted by atomic mass is 10.1. The second-order valence-electron chi connectivity index (χ2n) is 3.92. The maximum Gasteiger partial charge on any atom is 0.139 e. The van der Waals surface area contributed by atoms with Crippen molar-refractivity contribution in [3.05, 3.63) is 0 Å². The molecule has 1 fully saturated rings. The van der Waals surface area contributed by atoms with E-state index in [-0.39, 0.29) is 0 Å². The zero-order valence-electron chi connectivity index (χ0n) is 9.11. The summed E-state index contributed by atoms with van der Waals surface area (Å²) in [5.74, 6) is 0.316. The van der Waals surface area contributed by atoms with Crippen LogP contribution in [-0.2, 0) is 4.74 Å². The highest BCUT2D eigenvalue weighted by Crippen LogP contribution is 2.05. The molecule has 1 unspecified atom stereocenters. The first kappa shape index (κ1) is 12.3. The second-order valence-corrected chi connectivity index (χ2v) is 3.92. The maximum absolute atomic E-state index is 8.33. The van der Waals surface area contributed by atoms with Gasteiger partial charge in [-0.2, -0.15) is 0 Å². The fourth-order valence-corrected chi connectivity index (χ4v) is 1.69. The van der Waals surface area contributed by atoms with Crippen molar-refractivity contribution in [1.29, 1.82) is 0 Å². The summed E-state index contributed by atoms with van der Waals surface area (Å²) < 4.78 is 5.36. The third kappa shape index (κ3) is 5.59. The fourth-order valence-electron chi connectivity index (χ4n) is 1.69. The zero-order valence-corrected chi connectivity index (χ0v) is 9.11. The monoisotopic (exact) mass is 215 g/mol. The predicted octanol–water partition coefficient (Wildman–Crippen LogP) is 0.672. The Hall–Kier alpha value is -0.810. The normalized spacial score (nSPS) is 22.9. The van der Waals surface area contributed by atoms with Gasteiger partial charge in [-0.3, -0.25) is 0 Å². The third-order valence-corrected chi connectivity index (χ3v) is 2.58. The summed E-state index contributed by atoms with van der Waals surface area (Å²) in [6.07, 6.45) is 5.03. The lowest BCUT2D eigenvalue weighted by molar-refractivity contribution is 0.0705. The minimum atomic E-state index is 0.316. The highest BCUT2D eigenvalue weighted by molar-refractivity contribution is 5.79. The van der Waals surface area contributed by atoms with E-state index in [4.69, 9.17) is 15.7 Å². The van der Waals surface area contributed by atoms with E-state index in [2.05, 4.69) is 10.5 Å². The highest BCUT2D eigenvalue weighted by atomic mass is 16.5. The van der Waals surface area contributed by atoms with Crippen molar-refractivity contribution in [3.8, 4) is 0 Å². The molecule has 5 heteroatoms. The van der Waals surface area contributed by atoms with Gasteiger partial charge >= 0.3 is 0 Å². The summed E-state index contributed by atoms with van der Waals surface area (Å²) in [6, 6.07) is 0.516. The lowest BCUT2D eigenvalue weighted by Gasteiger charge is -2.23. The second kappa shape index (κ2) is 7.48. The third-order valence-electron chi connectivity index (χ3n) is 2.58. The van der Waals surface area contributed by atoms with Gasteiger partial charge in [-0.15, -0.1) is 0 Å². The Labute approximate surface area is 90.7 Å². The highest BCUT2D eigenvalue weighted by Gasteiger charge is 2.11. The van der Waals surface area contributed by atoms with E-state index in [0.29, 0.717) is 18.3 Å². The molecular formula is C10H21N3O2. The average molecular weight is 215 g/mol. The number of unbranched alkanes of at least 4 members (excludes halogenated alkanes) is 1. The van der Waals surface area contributed by atoms with E-state index in [9.17, 15) is 0 Å². The maximum atomic E-state index is 8.33. The van der Waals surface area contributed by atoms with Gasteiger partial charge < -0.3 is 21.0 Å². The zero-order chi connectivity index (χ0) is 10.9. The van der Waals surface area contributed by atoms with Crippen LogP contribution in [-0.4, -0.2) is 36.8 Å². The molecule has 0 spiro atoms. The standard InChI is InChI=1S/C10H21N3O2/c11-10(13-14)5-1-2-6-12-9-4-3-7-15-8-9/h9,12,14H,1-8H2,(H2,11,13). The van der Waals surface area contributed by atoms with Gasteiger partial charge in [0.2, 0.25) is 0 Å². The van der Waals surface area contributed by atoms with Crippen molar-refractivity contribution in [2.24, 2.45) is 10.9 Å². The Kier molecular flexibility index (Phi) is 6.11. The van der Waals surface area contributed by atoms with E-state index in [1.165, 1.54) is 6.42 Å². The van der Waals surface area contributed by atoms with Gasteiger partial charge in [-0.1, -0.05) is 5.16 Å². The summed E-state index contributed by atoms with van der Waals surface area (Å²) in [5, 5.41) is 14.7. The number of ether oxygens (including phenoxy) is 1. The molecule has 0 saturated carbocycles. The van der Waals surface area contributed by atoms with E-state index in [1.54, 1.807) is 0 Å². The fraction of sp³-hybridized carbons (Fsp3) is 0.900. The number of nitrogens with zero attached hydrogens (tertiary/aromatic N) is 1. The van der Waals surface area contributed by atoms with Gasteiger partial charge in [-0.05, 0) is 32.2 Å². The molecule has 0 bridgehead atoms. The Morgan fingerprint density at radius 1 is 1.53 bits per heavy atom.